The van der Waals surface area contributed by atoms with Gasteiger partial charge in [0.2, 0.25) is 0 Å². The third kappa shape index (κ3) is 4.53. The highest BCUT2D eigenvalue weighted by molar-refractivity contribution is 7.98. The maximum Gasteiger partial charge on any atom is 0.274 e. The quantitative estimate of drug-likeness (QED) is 0.661. The molecule has 0 amide bonds. The first-order chi connectivity index (χ1) is 7.81. The lowest BCUT2D eigenvalue weighted by Gasteiger charge is -2.17. The van der Waals surface area contributed by atoms with Gasteiger partial charge in [-0.05, 0) is 19.9 Å². The summed E-state index contributed by atoms with van der Waals surface area (Å²) < 4.78 is 0. The van der Waals surface area contributed by atoms with Crippen molar-refractivity contribution in [2.45, 2.75) is 25.1 Å². The minimum atomic E-state index is -0.407. The molecule has 0 fully saturated rings. The zero-order chi connectivity index (χ0) is 13.1. The van der Waals surface area contributed by atoms with Crippen LogP contribution in [-0.2, 0) is 5.75 Å². The number of halogens is 1. The van der Waals surface area contributed by atoms with Crippen molar-refractivity contribution < 1.29 is 4.92 Å². The summed E-state index contributed by atoms with van der Waals surface area (Å²) in [5.74, 6) is 1.21. The van der Waals surface area contributed by atoms with Crippen LogP contribution in [-0.4, -0.2) is 16.2 Å². The van der Waals surface area contributed by atoms with Crippen LogP contribution in [0, 0.1) is 10.1 Å². The van der Waals surface area contributed by atoms with Crippen molar-refractivity contribution in [1.82, 2.24) is 0 Å². The third-order valence-corrected chi connectivity index (χ3v) is 3.81. The van der Waals surface area contributed by atoms with Gasteiger partial charge in [-0.25, -0.2) is 0 Å². The van der Waals surface area contributed by atoms with Gasteiger partial charge in [0, 0.05) is 23.1 Å². The highest BCUT2D eigenvalue weighted by Gasteiger charge is 2.18. The van der Waals surface area contributed by atoms with Gasteiger partial charge in [0.05, 0.1) is 15.5 Å². The van der Waals surface area contributed by atoms with E-state index in [0.29, 0.717) is 16.3 Å². The van der Waals surface area contributed by atoms with Gasteiger partial charge in [0.25, 0.3) is 5.69 Å². The Bertz CT molecular complexity index is 418. The lowest BCUT2D eigenvalue weighted by atomic mass is 10.1. The maximum absolute atomic E-state index is 10.8. The van der Waals surface area contributed by atoms with Crippen LogP contribution in [0.15, 0.2) is 18.2 Å². The normalized spacial score (nSPS) is 11.5. The number of nitrogens with zero attached hydrogens (tertiary/aromatic N) is 1. The second-order valence-electron chi connectivity index (χ2n) is 4.48. The van der Waals surface area contributed by atoms with E-state index in [1.165, 1.54) is 6.07 Å². The molecule has 2 N–H and O–H groups in total. The van der Waals surface area contributed by atoms with Gasteiger partial charge in [-0.15, -0.1) is 0 Å². The minimum Gasteiger partial charge on any atom is -0.325 e. The molecule has 6 heteroatoms. The van der Waals surface area contributed by atoms with Gasteiger partial charge in [-0.2, -0.15) is 11.8 Å². The lowest BCUT2D eigenvalue weighted by Crippen LogP contribution is -2.34. The predicted molar refractivity (Wildman–Crippen MR) is 72.5 cm³/mol. The van der Waals surface area contributed by atoms with Gasteiger partial charge < -0.3 is 5.73 Å². The number of benzene rings is 1. The van der Waals surface area contributed by atoms with E-state index in [9.17, 15) is 10.1 Å². The molecular weight excluding hydrogens is 260 g/mol. The molecule has 0 radical (unpaired) electrons. The van der Waals surface area contributed by atoms with Gasteiger partial charge >= 0.3 is 0 Å². The Kier molecular flexibility index (Phi) is 4.80. The standard InChI is InChI=1S/C11H15ClN2O2S/c1-11(2,13)7-17-6-8-9(12)4-3-5-10(8)14(15)16/h3-5H,6-7,13H2,1-2H3. The summed E-state index contributed by atoms with van der Waals surface area (Å²) in [6, 6.07) is 4.72. The van der Waals surface area contributed by atoms with E-state index in [-0.39, 0.29) is 11.2 Å². The van der Waals surface area contributed by atoms with Crippen molar-refractivity contribution in [1.29, 1.82) is 0 Å². The van der Waals surface area contributed by atoms with Crippen molar-refractivity contribution in [3.05, 3.63) is 38.9 Å². The highest BCUT2D eigenvalue weighted by atomic mass is 35.5. The number of thioether (sulfide) groups is 1. The molecule has 0 aliphatic rings. The van der Waals surface area contributed by atoms with E-state index in [1.54, 1.807) is 23.9 Å². The van der Waals surface area contributed by atoms with Crippen LogP contribution in [0.25, 0.3) is 0 Å². The molecule has 0 spiro atoms. The van der Waals surface area contributed by atoms with Crippen LogP contribution in [0.2, 0.25) is 5.02 Å². The number of nitro groups is 1. The zero-order valence-electron chi connectivity index (χ0n) is 9.77. The summed E-state index contributed by atoms with van der Waals surface area (Å²) in [7, 11) is 0. The molecule has 0 aliphatic heterocycles. The van der Waals surface area contributed by atoms with Crippen molar-refractivity contribution in [3.63, 3.8) is 0 Å². The van der Waals surface area contributed by atoms with Gasteiger partial charge in [-0.1, -0.05) is 17.7 Å². The molecule has 0 bridgehead atoms. The molecule has 4 nitrogen and oxygen atoms in total. The summed E-state index contributed by atoms with van der Waals surface area (Å²) in [5, 5.41) is 11.3. The van der Waals surface area contributed by atoms with Crippen LogP contribution < -0.4 is 5.73 Å². The Morgan fingerprint density at radius 2 is 2.18 bits per heavy atom. The fourth-order valence-corrected chi connectivity index (χ4v) is 2.73. The Morgan fingerprint density at radius 1 is 1.53 bits per heavy atom. The molecule has 17 heavy (non-hydrogen) atoms. The highest BCUT2D eigenvalue weighted by Crippen LogP contribution is 2.30. The van der Waals surface area contributed by atoms with E-state index in [0.717, 1.165) is 5.75 Å². The summed E-state index contributed by atoms with van der Waals surface area (Å²) in [6.07, 6.45) is 0. The molecular formula is C11H15ClN2O2S. The van der Waals surface area contributed by atoms with Crippen LogP contribution in [0.1, 0.15) is 19.4 Å². The van der Waals surface area contributed by atoms with Crippen molar-refractivity contribution >= 4 is 29.1 Å². The summed E-state index contributed by atoms with van der Waals surface area (Å²) in [6.45, 7) is 3.84. The summed E-state index contributed by atoms with van der Waals surface area (Å²) in [4.78, 5) is 10.4. The van der Waals surface area contributed by atoms with Crippen LogP contribution in [0.3, 0.4) is 0 Å². The minimum absolute atomic E-state index is 0.0693. The van der Waals surface area contributed by atoms with Gasteiger partial charge in [0.1, 0.15) is 0 Å². The predicted octanol–water partition coefficient (Wildman–Crippen LogP) is 3.22. The van der Waals surface area contributed by atoms with Crippen molar-refractivity contribution in [2.75, 3.05) is 5.75 Å². The Balaban J connectivity index is 2.79. The first-order valence-corrected chi connectivity index (χ1v) is 6.63. The fourth-order valence-electron chi connectivity index (χ4n) is 1.28. The smallest absolute Gasteiger partial charge is 0.274 e. The van der Waals surface area contributed by atoms with Crippen LogP contribution >= 0.6 is 23.4 Å². The molecule has 0 heterocycles. The van der Waals surface area contributed by atoms with Gasteiger partial charge in [-0.3, -0.25) is 10.1 Å². The number of rotatable bonds is 5. The average molecular weight is 275 g/mol. The van der Waals surface area contributed by atoms with Crippen LogP contribution in [0.4, 0.5) is 5.69 Å². The number of hydrogen-bond acceptors (Lipinski definition) is 4. The van der Waals surface area contributed by atoms with E-state index < -0.39 is 4.92 Å². The first kappa shape index (κ1) is 14.3. The van der Waals surface area contributed by atoms with E-state index in [1.807, 2.05) is 13.8 Å². The summed E-state index contributed by atoms with van der Waals surface area (Å²) >= 11 is 7.52. The molecule has 1 aromatic rings. The molecule has 0 atom stereocenters. The topological polar surface area (TPSA) is 69.2 Å². The average Bonchev–Trinajstić information content (AvgIpc) is 2.18. The largest absolute Gasteiger partial charge is 0.325 e. The molecule has 0 aromatic heterocycles. The third-order valence-electron chi connectivity index (χ3n) is 2.01. The molecule has 0 saturated carbocycles. The molecule has 94 valence electrons. The Hall–Kier alpha value is -0.780. The monoisotopic (exact) mass is 274 g/mol. The Labute approximate surface area is 110 Å². The van der Waals surface area contributed by atoms with E-state index >= 15 is 0 Å². The van der Waals surface area contributed by atoms with Crippen LogP contribution in [0.5, 0.6) is 0 Å². The second kappa shape index (κ2) is 5.71. The number of hydrogen-bond donors (Lipinski definition) is 1. The zero-order valence-corrected chi connectivity index (χ0v) is 11.3. The van der Waals surface area contributed by atoms with E-state index in [4.69, 9.17) is 17.3 Å². The first-order valence-electron chi connectivity index (χ1n) is 5.09. The van der Waals surface area contributed by atoms with Crippen molar-refractivity contribution in [2.24, 2.45) is 5.73 Å². The molecule has 1 aromatic carbocycles. The summed E-state index contributed by atoms with van der Waals surface area (Å²) in [5.41, 5.74) is 6.19. The molecule has 0 unspecified atom stereocenters. The maximum atomic E-state index is 10.8. The van der Waals surface area contributed by atoms with Gasteiger partial charge in [0.15, 0.2) is 0 Å². The second-order valence-corrected chi connectivity index (χ2v) is 5.87. The lowest BCUT2D eigenvalue weighted by molar-refractivity contribution is -0.385. The van der Waals surface area contributed by atoms with Crippen molar-refractivity contribution in [3.8, 4) is 0 Å². The molecule has 0 aliphatic carbocycles. The number of nitro benzene ring substituents is 1. The SMILES string of the molecule is CC(C)(N)CSCc1c(Cl)cccc1[N+](=O)[O-]. The molecule has 1 rings (SSSR count). The van der Waals surface area contributed by atoms with E-state index in [2.05, 4.69) is 0 Å². The Morgan fingerprint density at radius 3 is 2.71 bits per heavy atom. The fraction of sp³-hybridized carbons (Fsp3) is 0.455. The number of nitrogens with two attached hydrogens (primary N) is 1. The molecule has 0 saturated heterocycles.